The highest BCUT2D eigenvalue weighted by molar-refractivity contribution is 5.97. The molecule has 0 heterocycles. The van der Waals surface area contributed by atoms with Crippen LogP contribution in [0.1, 0.15) is 32.6 Å². The molecule has 0 aliphatic carbocycles. The predicted molar refractivity (Wildman–Crippen MR) is 163 cm³/mol. The fourth-order valence-corrected chi connectivity index (χ4v) is 4.52. The molecule has 0 unspecified atom stereocenters. The molecule has 0 bridgehead atoms. The first-order chi connectivity index (χ1) is 19.8. The van der Waals surface area contributed by atoms with Gasteiger partial charge in [0.1, 0.15) is 23.3 Å². The van der Waals surface area contributed by atoms with Gasteiger partial charge in [0.25, 0.3) is 5.91 Å². The molecule has 7 nitrogen and oxygen atoms in total. The lowest BCUT2D eigenvalue weighted by Crippen LogP contribution is -2.48. The van der Waals surface area contributed by atoms with Crippen LogP contribution in [0.3, 0.4) is 0 Å². The topological polar surface area (TPSA) is 88.7 Å². The average Bonchev–Trinajstić information content (AvgIpc) is 2.95. The molecule has 0 aliphatic heterocycles. The van der Waals surface area contributed by atoms with E-state index in [-0.39, 0.29) is 11.8 Å². The van der Waals surface area contributed by atoms with E-state index in [1.54, 1.807) is 13.2 Å². The predicted octanol–water partition coefficient (Wildman–Crippen LogP) is 5.98. The second-order valence-electron chi connectivity index (χ2n) is 10.1. The van der Waals surface area contributed by atoms with Crippen LogP contribution in [0, 0.1) is 20.8 Å². The molecule has 0 aliphatic rings. The van der Waals surface area contributed by atoms with Crippen molar-refractivity contribution in [3.63, 3.8) is 0 Å². The van der Waals surface area contributed by atoms with Gasteiger partial charge in [-0.1, -0.05) is 35.9 Å². The Hall–Kier alpha value is -4.78. The zero-order valence-corrected chi connectivity index (χ0v) is 24.0. The molecular formula is C34H37N3O4. The molecule has 0 fully saturated rings. The molecule has 3 N–H and O–H groups in total. The van der Waals surface area contributed by atoms with Gasteiger partial charge in [-0.25, -0.2) is 0 Å². The second-order valence-corrected chi connectivity index (χ2v) is 10.1. The van der Waals surface area contributed by atoms with Crippen LogP contribution in [0.25, 0.3) is 0 Å². The van der Waals surface area contributed by atoms with Gasteiger partial charge in [-0.15, -0.1) is 0 Å². The molecule has 4 aromatic rings. The van der Waals surface area contributed by atoms with Gasteiger partial charge in [-0.05, 0) is 98.1 Å². The van der Waals surface area contributed by atoms with E-state index in [9.17, 15) is 9.59 Å². The van der Waals surface area contributed by atoms with Crippen molar-refractivity contribution in [1.82, 2.24) is 10.6 Å². The van der Waals surface area contributed by atoms with Gasteiger partial charge in [0.05, 0.1) is 7.11 Å². The van der Waals surface area contributed by atoms with Crippen molar-refractivity contribution in [2.45, 2.75) is 33.2 Å². The fraction of sp³-hybridized carbons (Fsp3) is 0.235. The summed E-state index contributed by atoms with van der Waals surface area (Å²) < 4.78 is 11.2. The Morgan fingerprint density at radius 1 is 0.732 bits per heavy atom. The van der Waals surface area contributed by atoms with Crippen molar-refractivity contribution < 1.29 is 19.1 Å². The lowest BCUT2D eigenvalue weighted by Gasteiger charge is -2.19. The van der Waals surface area contributed by atoms with E-state index in [1.165, 1.54) is 0 Å². The molecule has 2 amide bonds. The Morgan fingerprint density at radius 3 is 2.07 bits per heavy atom. The molecule has 0 saturated heterocycles. The summed E-state index contributed by atoms with van der Waals surface area (Å²) in [5.74, 6) is 1.72. The van der Waals surface area contributed by atoms with Gasteiger partial charge in [0.15, 0.2) is 0 Å². The number of carbonyl (C=O) groups is 2. The van der Waals surface area contributed by atoms with E-state index in [0.717, 1.165) is 39.4 Å². The minimum Gasteiger partial charge on any atom is -0.497 e. The minimum atomic E-state index is -0.754. The number of benzene rings is 4. The van der Waals surface area contributed by atoms with Crippen LogP contribution in [0.15, 0.2) is 91.0 Å². The van der Waals surface area contributed by atoms with Gasteiger partial charge < -0.3 is 25.4 Å². The number of methoxy groups -OCH3 is 1. The summed E-state index contributed by atoms with van der Waals surface area (Å²) in [4.78, 5) is 26.3. The van der Waals surface area contributed by atoms with E-state index in [0.29, 0.717) is 30.8 Å². The molecule has 212 valence electrons. The SMILES string of the molecule is COc1ccc(NCCNC(=O)[C@H](Cc2ccc(Oc3cc(C)cc(C)c3)cc2)NC(=O)c2cccc(C)c2)cc1. The van der Waals surface area contributed by atoms with Gasteiger partial charge in [-0.2, -0.15) is 0 Å². The maximum absolute atomic E-state index is 13.3. The first-order valence-electron chi connectivity index (χ1n) is 13.7. The first kappa shape index (κ1) is 29.2. The Balaban J connectivity index is 1.40. The first-order valence-corrected chi connectivity index (χ1v) is 13.7. The van der Waals surface area contributed by atoms with Crippen LogP contribution in [0.5, 0.6) is 17.2 Å². The summed E-state index contributed by atoms with van der Waals surface area (Å²) >= 11 is 0. The molecule has 1 atom stereocenters. The Morgan fingerprint density at radius 2 is 1.41 bits per heavy atom. The van der Waals surface area contributed by atoms with Gasteiger partial charge in [0.2, 0.25) is 5.91 Å². The summed E-state index contributed by atoms with van der Waals surface area (Å²) in [5, 5.41) is 9.16. The van der Waals surface area contributed by atoms with Crippen molar-refractivity contribution in [3.8, 4) is 17.2 Å². The van der Waals surface area contributed by atoms with Crippen LogP contribution in [0.4, 0.5) is 5.69 Å². The Labute approximate surface area is 241 Å². The van der Waals surface area contributed by atoms with Gasteiger partial charge in [0, 0.05) is 30.8 Å². The van der Waals surface area contributed by atoms with Crippen LogP contribution in [0.2, 0.25) is 0 Å². The quantitative estimate of drug-likeness (QED) is 0.189. The monoisotopic (exact) mass is 551 g/mol. The average molecular weight is 552 g/mol. The number of anilines is 1. The molecular weight excluding hydrogens is 514 g/mol. The van der Waals surface area contributed by atoms with E-state index in [1.807, 2.05) is 99.6 Å². The number of amides is 2. The maximum atomic E-state index is 13.3. The van der Waals surface area contributed by atoms with Crippen LogP contribution in [-0.4, -0.2) is 38.1 Å². The third-order valence-corrected chi connectivity index (χ3v) is 6.54. The molecule has 4 aromatic carbocycles. The Kier molecular flexibility index (Phi) is 9.99. The van der Waals surface area contributed by atoms with Crippen molar-refractivity contribution in [1.29, 1.82) is 0 Å². The normalized spacial score (nSPS) is 11.3. The van der Waals surface area contributed by atoms with E-state index in [4.69, 9.17) is 9.47 Å². The van der Waals surface area contributed by atoms with Crippen molar-refractivity contribution in [2.24, 2.45) is 0 Å². The van der Waals surface area contributed by atoms with Crippen LogP contribution in [-0.2, 0) is 11.2 Å². The molecule has 0 aromatic heterocycles. The summed E-state index contributed by atoms with van der Waals surface area (Å²) in [7, 11) is 1.63. The summed E-state index contributed by atoms with van der Waals surface area (Å²) in [5.41, 5.74) is 5.58. The summed E-state index contributed by atoms with van der Waals surface area (Å²) in [6.45, 7) is 6.92. The minimum absolute atomic E-state index is 0.252. The maximum Gasteiger partial charge on any atom is 0.251 e. The number of hydrogen-bond donors (Lipinski definition) is 3. The van der Waals surface area contributed by atoms with Crippen molar-refractivity contribution in [2.75, 3.05) is 25.5 Å². The molecule has 7 heteroatoms. The molecule has 41 heavy (non-hydrogen) atoms. The molecule has 0 spiro atoms. The molecule has 0 saturated carbocycles. The molecule has 4 rings (SSSR count). The largest absolute Gasteiger partial charge is 0.497 e. The fourth-order valence-electron chi connectivity index (χ4n) is 4.52. The smallest absolute Gasteiger partial charge is 0.251 e. The third kappa shape index (κ3) is 8.86. The number of rotatable bonds is 12. The van der Waals surface area contributed by atoms with Gasteiger partial charge in [-0.3, -0.25) is 9.59 Å². The highest BCUT2D eigenvalue weighted by Gasteiger charge is 2.22. The van der Waals surface area contributed by atoms with Crippen molar-refractivity contribution >= 4 is 17.5 Å². The Bertz CT molecular complexity index is 1450. The van der Waals surface area contributed by atoms with Crippen LogP contribution < -0.4 is 25.4 Å². The van der Waals surface area contributed by atoms with E-state index < -0.39 is 6.04 Å². The summed E-state index contributed by atoms with van der Waals surface area (Å²) in [6, 6.07) is 27.8. The van der Waals surface area contributed by atoms with E-state index >= 15 is 0 Å². The van der Waals surface area contributed by atoms with Gasteiger partial charge >= 0.3 is 0 Å². The third-order valence-electron chi connectivity index (χ3n) is 6.54. The van der Waals surface area contributed by atoms with Crippen LogP contribution >= 0.6 is 0 Å². The highest BCUT2D eigenvalue weighted by Crippen LogP contribution is 2.24. The number of ether oxygens (including phenoxy) is 2. The lowest BCUT2D eigenvalue weighted by atomic mass is 10.0. The number of nitrogens with one attached hydrogen (secondary N) is 3. The second kappa shape index (κ2) is 14.0. The lowest BCUT2D eigenvalue weighted by molar-refractivity contribution is -0.122. The number of carbonyl (C=O) groups excluding carboxylic acids is 2. The summed E-state index contributed by atoms with van der Waals surface area (Å²) in [6.07, 6.45) is 0.332. The zero-order chi connectivity index (χ0) is 29.2. The number of aryl methyl sites for hydroxylation is 3. The van der Waals surface area contributed by atoms with Crippen molar-refractivity contribution in [3.05, 3.63) is 119 Å². The zero-order valence-electron chi connectivity index (χ0n) is 24.0. The standard InChI is InChI=1S/C34H37N3O4/c1-23-6-5-7-27(19-23)33(38)37-32(34(39)36-17-16-35-28-10-14-29(40-4)15-11-28)22-26-8-12-30(13-9-26)41-31-20-24(2)18-25(3)21-31/h5-15,18-21,32,35H,16-17,22H2,1-4H3,(H,36,39)(H,37,38)/t32-/m0/s1. The highest BCUT2D eigenvalue weighted by atomic mass is 16.5. The van der Waals surface area contributed by atoms with E-state index in [2.05, 4.69) is 22.0 Å². The molecule has 0 radical (unpaired) electrons. The number of hydrogen-bond acceptors (Lipinski definition) is 5.